The van der Waals surface area contributed by atoms with Crippen molar-refractivity contribution in [1.82, 2.24) is 0 Å². The Balaban J connectivity index is 1.73. The topological polar surface area (TPSA) is 63.6 Å². The Morgan fingerprint density at radius 2 is 1.64 bits per heavy atom. The van der Waals surface area contributed by atoms with Crippen molar-refractivity contribution in [3.05, 3.63) is 11.1 Å². The molecule has 7 atom stereocenters. The van der Waals surface area contributed by atoms with Crippen molar-refractivity contribution >= 4 is 11.9 Å². The van der Waals surface area contributed by atoms with E-state index in [9.17, 15) is 14.7 Å². The van der Waals surface area contributed by atoms with Crippen LogP contribution in [0.4, 0.5) is 0 Å². The number of carbonyl (C=O) groups excluding carboxylic acids is 1. The zero-order valence-corrected chi connectivity index (χ0v) is 22.3. The molecule has 0 radical (unpaired) electrons. The van der Waals surface area contributed by atoms with Gasteiger partial charge in [-0.1, -0.05) is 59.6 Å². The molecule has 0 unspecified atom stereocenters. The van der Waals surface area contributed by atoms with Crippen LogP contribution in [0.5, 0.6) is 0 Å². The predicted molar refractivity (Wildman–Crippen MR) is 131 cm³/mol. The fourth-order valence-electron chi connectivity index (χ4n) is 9.70. The SMILES string of the molecule is CC(=O)O[C@H]1CC[C@]2(C)C3=C(CC[C@H]2C1(C)C)[C@]1(C)CC[C@](C)([C@H](C)CC(=O)O)[C@@]1(C)CC3. The lowest BCUT2D eigenvalue weighted by Crippen LogP contribution is -2.56. The molecule has 0 aromatic carbocycles. The van der Waals surface area contributed by atoms with Crippen LogP contribution in [0.15, 0.2) is 11.1 Å². The number of fused-ring (bicyclic) bond motifs is 4. The Morgan fingerprint density at radius 1 is 0.970 bits per heavy atom. The van der Waals surface area contributed by atoms with Crippen LogP contribution in [0.2, 0.25) is 0 Å². The van der Waals surface area contributed by atoms with Crippen LogP contribution >= 0.6 is 0 Å². The Morgan fingerprint density at radius 3 is 2.24 bits per heavy atom. The summed E-state index contributed by atoms with van der Waals surface area (Å²) in [5.41, 5.74) is 3.88. The third kappa shape index (κ3) is 3.21. The summed E-state index contributed by atoms with van der Waals surface area (Å²) in [6.45, 7) is 18.2. The molecule has 0 spiro atoms. The highest BCUT2D eigenvalue weighted by Gasteiger charge is 2.67. The second-order valence-corrected chi connectivity index (χ2v) is 13.5. The molecule has 0 aromatic heterocycles. The van der Waals surface area contributed by atoms with Crippen molar-refractivity contribution in [3.63, 3.8) is 0 Å². The Hall–Kier alpha value is -1.32. The number of aliphatic carboxylic acids is 1. The molecule has 0 saturated heterocycles. The van der Waals surface area contributed by atoms with Crippen LogP contribution in [-0.2, 0) is 14.3 Å². The van der Waals surface area contributed by atoms with Gasteiger partial charge in [0.15, 0.2) is 0 Å². The summed E-state index contributed by atoms with van der Waals surface area (Å²) in [6, 6.07) is 0. The second kappa shape index (κ2) is 7.59. The van der Waals surface area contributed by atoms with Crippen molar-refractivity contribution in [3.8, 4) is 0 Å². The number of rotatable bonds is 4. The van der Waals surface area contributed by atoms with Crippen LogP contribution in [-0.4, -0.2) is 23.1 Å². The monoisotopic (exact) mass is 458 g/mol. The Bertz CT molecular complexity index is 886. The number of hydrogen-bond donors (Lipinski definition) is 1. The van der Waals surface area contributed by atoms with Gasteiger partial charge in [-0.15, -0.1) is 0 Å². The fourth-order valence-corrected chi connectivity index (χ4v) is 9.70. The number of ether oxygens (including phenoxy) is 1. The molecule has 0 aliphatic heterocycles. The minimum absolute atomic E-state index is 0.00584. The standard InChI is InChI=1S/C29H46O4/c1-18(17-24(31)32)27(6)15-16-28(7)21-9-10-22-25(3,4)23(33-19(2)30)12-13-26(22,5)20(21)11-14-29(27,28)8/h18,22-23H,9-17H2,1-8H3,(H,31,32)/t18-,22+,23+,26-,27-,28+,29-/m1/s1. The van der Waals surface area contributed by atoms with Gasteiger partial charge in [0.25, 0.3) is 0 Å². The van der Waals surface area contributed by atoms with Gasteiger partial charge < -0.3 is 9.84 Å². The molecule has 4 heteroatoms. The van der Waals surface area contributed by atoms with Crippen molar-refractivity contribution in [1.29, 1.82) is 0 Å². The molecule has 33 heavy (non-hydrogen) atoms. The average Bonchev–Trinajstić information content (AvgIpc) is 2.92. The number of carboxylic acids is 1. The van der Waals surface area contributed by atoms with Gasteiger partial charge in [-0.05, 0) is 84.9 Å². The number of hydrogen-bond acceptors (Lipinski definition) is 3. The van der Waals surface area contributed by atoms with E-state index in [1.807, 2.05) is 0 Å². The van der Waals surface area contributed by atoms with E-state index in [0.29, 0.717) is 5.92 Å². The molecular weight excluding hydrogens is 412 g/mol. The first kappa shape index (κ1) is 24.8. The third-order valence-electron chi connectivity index (χ3n) is 12.2. The summed E-state index contributed by atoms with van der Waals surface area (Å²) in [5.74, 6) is -0.131. The van der Waals surface area contributed by atoms with Crippen LogP contribution in [0, 0.1) is 38.9 Å². The largest absolute Gasteiger partial charge is 0.481 e. The van der Waals surface area contributed by atoms with Crippen LogP contribution in [0.1, 0.15) is 113 Å². The third-order valence-corrected chi connectivity index (χ3v) is 12.2. The van der Waals surface area contributed by atoms with E-state index in [2.05, 4.69) is 48.5 Å². The molecular formula is C29H46O4. The molecule has 186 valence electrons. The summed E-state index contributed by atoms with van der Waals surface area (Å²) >= 11 is 0. The van der Waals surface area contributed by atoms with Gasteiger partial charge in [0, 0.05) is 18.8 Å². The van der Waals surface area contributed by atoms with Crippen molar-refractivity contribution in [2.45, 2.75) is 119 Å². The zero-order chi connectivity index (χ0) is 24.6. The van der Waals surface area contributed by atoms with E-state index in [1.165, 1.54) is 13.3 Å². The number of carboxylic acid groups (broad SMARTS) is 1. The lowest BCUT2D eigenvalue weighted by molar-refractivity contribution is -0.167. The van der Waals surface area contributed by atoms with Crippen LogP contribution < -0.4 is 0 Å². The van der Waals surface area contributed by atoms with E-state index < -0.39 is 5.97 Å². The second-order valence-electron chi connectivity index (χ2n) is 13.5. The highest BCUT2D eigenvalue weighted by molar-refractivity contribution is 5.67. The maximum absolute atomic E-state index is 11.8. The molecule has 0 heterocycles. The van der Waals surface area contributed by atoms with Gasteiger partial charge in [-0.3, -0.25) is 9.59 Å². The normalized spacial score (nSPS) is 45.0. The molecule has 1 N–H and O–H groups in total. The van der Waals surface area contributed by atoms with Crippen LogP contribution in [0.3, 0.4) is 0 Å². The Kier molecular flexibility index (Phi) is 5.70. The van der Waals surface area contributed by atoms with Gasteiger partial charge in [-0.2, -0.15) is 0 Å². The zero-order valence-electron chi connectivity index (χ0n) is 22.3. The first-order chi connectivity index (χ1) is 15.1. The summed E-state index contributed by atoms with van der Waals surface area (Å²) in [4.78, 5) is 23.4. The maximum Gasteiger partial charge on any atom is 0.303 e. The summed E-state index contributed by atoms with van der Waals surface area (Å²) in [6.07, 6.45) is 9.18. The van der Waals surface area contributed by atoms with E-state index in [0.717, 1.165) is 44.9 Å². The number of carbonyl (C=O) groups is 2. The Labute approximate surface area is 200 Å². The smallest absolute Gasteiger partial charge is 0.303 e. The van der Waals surface area contributed by atoms with Gasteiger partial charge in [-0.25, -0.2) is 0 Å². The van der Waals surface area contributed by atoms with E-state index in [-0.39, 0.29) is 51.5 Å². The summed E-state index contributed by atoms with van der Waals surface area (Å²) < 4.78 is 5.82. The summed E-state index contributed by atoms with van der Waals surface area (Å²) in [7, 11) is 0. The number of allylic oxidation sites excluding steroid dienone is 2. The molecule has 4 nitrogen and oxygen atoms in total. The minimum atomic E-state index is -0.670. The first-order valence-electron chi connectivity index (χ1n) is 13.3. The molecule has 2 fully saturated rings. The lowest BCUT2D eigenvalue weighted by Gasteiger charge is -2.63. The van der Waals surface area contributed by atoms with E-state index in [4.69, 9.17) is 4.74 Å². The molecule has 4 aliphatic rings. The minimum Gasteiger partial charge on any atom is -0.481 e. The predicted octanol–water partition coefficient (Wildman–Crippen LogP) is 7.17. The van der Waals surface area contributed by atoms with Gasteiger partial charge in [0.1, 0.15) is 6.10 Å². The maximum atomic E-state index is 11.8. The van der Waals surface area contributed by atoms with Gasteiger partial charge >= 0.3 is 11.9 Å². The molecule has 0 aromatic rings. The molecule has 2 saturated carbocycles. The van der Waals surface area contributed by atoms with Gasteiger partial charge in [0.05, 0.1) is 0 Å². The van der Waals surface area contributed by atoms with Gasteiger partial charge in [0.2, 0.25) is 0 Å². The molecule has 4 aliphatic carbocycles. The first-order valence-corrected chi connectivity index (χ1v) is 13.3. The molecule has 4 rings (SSSR count). The quantitative estimate of drug-likeness (QED) is 0.358. The van der Waals surface area contributed by atoms with E-state index in [1.54, 1.807) is 11.1 Å². The average molecular weight is 459 g/mol. The van der Waals surface area contributed by atoms with Crippen molar-refractivity contribution < 1.29 is 19.4 Å². The highest BCUT2D eigenvalue weighted by atomic mass is 16.5. The van der Waals surface area contributed by atoms with Crippen molar-refractivity contribution in [2.75, 3.05) is 0 Å². The van der Waals surface area contributed by atoms with Crippen molar-refractivity contribution in [2.24, 2.45) is 38.9 Å². The fraction of sp³-hybridized carbons (Fsp3) is 0.862. The molecule has 0 amide bonds. The molecule has 0 bridgehead atoms. The lowest BCUT2D eigenvalue weighted by atomic mass is 9.41. The highest BCUT2D eigenvalue weighted by Crippen LogP contribution is 2.76. The summed E-state index contributed by atoms with van der Waals surface area (Å²) in [5, 5.41) is 9.54. The number of esters is 1. The van der Waals surface area contributed by atoms with E-state index >= 15 is 0 Å². The van der Waals surface area contributed by atoms with Crippen LogP contribution in [0.25, 0.3) is 0 Å².